The van der Waals surface area contributed by atoms with Crippen LogP contribution in [0.3, 0.4) is 0 Å². The molecule has 0 spiro atoms. The Balaban J connectivity index is 1.25. The molecule has 286 valence electrons. The Hall–Kier alpha value is -3.67. The van der Waals surface area contributed by atoms with Crippen molar-refractivity contribution in [1.82, 2.24) is 0 Å². The molecule has 19 heteroatoms. The van der Waals surface area contributed by atoms with Crippen LogP contribution in [0.25, 0.3) is 22.3 Å². The molecule has 1 aromatic heterocycles. The highest BCUT2D eigenvalue weighted by atomic mass is 16.8. The Labute approximate surface area is 293 Å². The van der Waals surface area contributed by atoms with E-state index in [1.165, 1.54) is 38.1 Å². The van der Waals surface area contributed by atoms with Crippen molar-refractivity contribution in [1.29, 1.82) is 0 Å². The number of aromatic hydroxyl groups is 3. The van der Waals surface area contributed by atoms with Crippen LogP contribution >= 0.6 is 0 Å². The number of ether oxygens (including phenoxy) is 6. The fourth-order valence-corrected chi connectivity index (χ4v) is 6.19. The molecule has 3 saturated heterocycles. The standard InChI is InChI=1S/C33H40O19/c1-10-19(36)23(40)27(44)31(47-10)46-9-17-21(38)25(42)30(52-32-28(45)24(41)20(37)11(2)48-32)33(51-17)49-14-5-3-12(4-6-14)29-26(43)22(39)18-15(35)7-13(34)8-16(18)50-29/h3-8,10-11,17,19-21,23-25,27-28,30-38,40-45H,9H2,1-2H3/t10-,11-,17+,19-,20-,21-,23+,24+,25-,27+,28+,30+,31+,32-,33+/m0/s1. The van der Waals surface area contributed by atoms with E-state index in [1.54, 1.807) is 0 Å². The number of phenolic OH excluding ortho intramolecular Hbond substituents is 2. The van der Waals surface area contributed by atoms with Gasteiger partial charge in [0, 0.05) is 17.7 Å². The van der Waals surface area contributed by atoms with Crippen LogP contribution in [0.4, 0.5) is 0 Å². The van der Waals surface area contributed by atoms with E-state index < -0.39 is 121 Å². The first kappa shape index (κ1) is 38.1. The Bertz CT molecular complexity index is 1760. The first-order valence-corrected chi connectivity index (χ1v) is 16.2. The maximum atomic E-state index is 12.8. The van der Waals surface area contributed by atoms with Gasteiger partial charge in [0.25, 0.3) is 0 Å². The SMILES string of the molecule is C[C@@H]1O[C@@H](OC[C@H]2O[C@@H](Oc3ccc(-c4oc5cc(O)cc(O)c5c(=O)c4O)cc3)[C@H](O[C@@H]3O[C@@H](C)[C@H](O)[C@@H](O)[C@H]3O)[C@@H](O)[C@H]2O)[C@H](O)[C@H](O)[C@H]1O. The number of aliphatic hydroxyl groups excluding tert-OH is 8. The van der Waals surface area contributed by atoms with Gasteiger partial charge < -0.3 is 89.0 Å². The molecule has 6 rings (SSSR count). The molecule has 0 unspecified atom stereocenters. The molecule has 3 aromatic rings. The molecule has 0 aliphatic carbocycles. The average molecular weight is 741 g/mol. The lowest BCUT2D eigenvalue weighted by Crippen LogP contribution is -2.65. The van der Waals surface area contributed by atoms with E-state index in [4.69, 9.17) is 32.8 Å². The summed E-state index contributed by atoms with van der Waals surface area (Å²) in [5.41, 5.74) is -1.02. The summed E-state index contributed by atoms with van der Waals surface area (Å²) in [5.74, 6) is -2.11. The summed E-state index contributed by atoms with van der Waals surface area (Å²) < 4.78 is 39.8. The molecule has 3 aliphatic heterocycles. The summed E-state index contributed by atoms with van der Waals surface area (Å²) in [7, 11) is 0. The van der Waals surface area contributed by atoms with Gasteiger partial charge in [0.05, 0.1) is 18.8 Å². The molecule has 52 heavy (non-hydrogen) atoms. The van der Waals surface area contributed by atoms with Gasteiger partial charge in [-0.3, -0.25) is 4.79 Å². The molecule has 3 fully saturated rings. The lowest BCUT2D eigenvalue weighted by Gasteiger charge is -2.46. The zero-order valence-electron chi connectivity index (χ0n) is 27.5. The third kappa shape index (κ3) is 7.16. The number of hydrogen-bond donors (Lipinski definition) is 11. The molecule has 11 N–H and O–H groups in total. The topological polar surface area (TPSA) is 308 Å². The summed E-state index contributed by atoms with van der Waals surface area (Å²) >= 11 is 0. The van der Waals surface area contributed by atoms with Gasteiger partial charge in [-0.2, -0.15) is 0 Å². The predicted octanol–water partition coefficient (Wildman–Crippen LogP) is -2.54. The van der Waals surface area contributed by atoms with E-state index in [0.29, 0.717) is 0 Å². The summed E-state index contributed by atoms with van der Waals surface area (Å²) in [5, 5.41) is 114. The van der Waals surface area contributed by atoms with E-state index >= 15 is 0 Å². The van der Waals surface area contributed by atoms with Gasteiger partial charge in [-0.25, -0.2) is 0 Å². The Morgan fingerprint density at radius 2 is 1.27 bits per heavy atom. The quantitative estimate of drug-likeness (QED) is 0.113. The summed E-state index contributed by atoms with van der Waals surface area (Å²) in [6.07, 6.45) is -23.1. The number of fused-ring (bicyclic) bond motifs is 1. The zero-order chi connectivity index (χ0) is 37.8. The molecule has 4 heterocycles. The lowest BCUT2D eigenvalue weighted by atomic mass is 9.97. The van der Waals surface area contributed by atoms with Crippen LogP contribution in [0.2, 0.25) is 0 Å². The normalized spacial score (nSPS) is 38.3. The fraction of sp³-hybridized carbons (Fsp3) is 0.545. The maximum Gasteiger partial charge on any atom is 0.238 e. The van der Waals surface area contributed by atoms with Crippen molar-refractivity contribution in [2.24, 2.45) is 0 Å². The molecular weight excluding hydrogens is 700 g/mol. The third-order valence-corrected chi connectivity index (χ3v) is 9.28. The minimum Gasteiger partial charge on any atom is -0.508 e. The summed E-state index contributed by atoms with van der Waals surface area (Å²) in [6, 6.07) is 7.41. The highest BCUT2D eigenvalue weighted by Crippen LogP contribution is 2.37. The fourth-order valence-electron chi connectivity index (χ4n) is 6.19. The van der Waals surface area contributed by atoms with E-state index in [-0.39, 0.29) is 28.0 Å². The van der Waals surface area contributed by atoms with Crippen LogP contribution < -0.4 is 10.2 Å². The van der Waals surface area contributed by atoms with Gasteiger partial charge in [0.15, 0.2) is 24.4 Å². The first-order chi connectivity index (χ1) is 24.6. The van der Waals surface area contributed by atoms with Crippen molar-refractivity contribution in [3.63, 3.8) is 0 Å². The van der Waals surface area contributed by atoms with Crippen molar-refractivity contribution in [2.45, 2.75) is 106 Å². The van der Waals surface area contributed by atoms with Crippen LogP contribution in [0.5, 0.6) is 23.0 Å². The molecule has 0 radical (unpaired) electrons. The Kier molecular flexibility index (Phi) is 11.0. The van der Waals surface area contributed by atoms with Crippen molar-refractivity contribution in [3.8, 4) is 34.3 Å². The van der Waals surface area contributed by atoms with Gasteiger partial charge in [-0.1, -0.05) is 0 Å². The summed E-state index contributed by atoms with van der Waals surface area (Å²) in [6.45, 7) is 2.28. The minimum absolute atomic E-state index is 0.0226. The lowest BCUT2D eigenvalue weighted by molar-refractivity contribution is -0.360. The number of rotatable bonds is 8. The van der Waals surface area contributed by atoms with Crippen LogP contribution in [0.15, 0.2) is 45.6 Å². The Morgan fingerprint density at radius 3 is 1.90 bits per heavy atom. The van der Waals surface area contributed by atoms with Gasteiger partial charge in [0.2, 0.25) is 17.5 Å². The van der Waals surface area contributed by atoms with E-state index in [9.17, 15) is 61.0 Å². The van der Waals surface area contributed by atoms with Crippen molar-refractivity contribution in [3.05, 3.63) is 46.6 Å². The van der Waals surface area contributed by atoms with Crippen molar-refractivity contribution < 1.29 is 89.0 Å². The molecular formula is C33H40O19. The van der Waals surface area contributed by atoms with Crippen molar-refractivity contribution >= 4 is 11.0 Å². The smallest absolute Gasteiger partial charge is 0.238 e. The third-order valence-electron chi connectivity index (χ3n) is 9.28. The number of phenols is 2. The van der Waals surface area contributed by atoms with Crippen molar-refractivity contribution in [2.75, 3.05) is 6.61 Å². The van der Waals surface area contributed by atoms with Crippen LogP contribution in [0, 0.1) is 0 Å². The predicted molar refractivity (Wildman–Crippen MR) is 170 cm³/mol. The molecule has 2 aromatic carbocycles. The average Bonchev–Trinajstić information content (AvgIpc) is 3.11. The van der Waals surface area contributed by atoms with E-state index in [1.807, 2.05) is 0 Å². The molecule has 3 aliphatic rings. The van der Waals surface area contributed by atoms with Gasteiger partial charge in [0.1, 0.15) is 83.2 Å². The number of benzene rings is 2. The van der Waals surface area contributed by atoms with Crippen LogP contribution in [0.1, 0.15) is 13.8 Å². The molecule has 0 bridgehead atoms. The largest absolute Gasteiger partial charge is 0.508 e. The minimum atomic E-state index is -1.85. The number of hydrogen-bond acceptors (Lipinski definition) is 19. The second-order valence-electron chi connectivity index (χ2n) is 12.9. The maximum absolute atomic E-state index is 12.8. The zero-order valence-corrected chi connectivity index (χ0v) is 27.5. The molecule has 0 amide bonds. The monoisotopic (exact) mass is 740 g/mol. The Morgan fingerprint density at radius 1 is 0.673 bits per heavy atom. The first-order valence-electron chi connectivity index (χ1n) is 16.2. The molecule has 0 saturated carbocycles. The van der Waals surface area contributed by atoms with Gasteiger partial charge in [-0.15, -0.1) is 0 Å². The van der Waals surface area contributed by atoms with E-state index in [2.05, 4.69) is 0 Å². The highest BCUT2D eigenvalue weighted by molar-refractivity contribution is 5.88. The second-order valence-corrected chi connectivity index (χ2v) is 12.9. The summed E-state index contributed by atoms with van der Waals surface area (Å²) in [4.78, 5) is 12.8. The van der Waals surface area contributed by atoms with Crippen LogP contribution in [-0.2, 0) is 23.7 Å². The van der Waals surface area contributed by atoms with Crippen LogP contribution in [-0.4, -0.2) is 155 Å². The molecule has 15 atom stereocenters. The second kappa shape index (κ2) is 15.0. The number of aliphatic hydroxyl groups is 8. The molecule has 19 nitrogen and oxygen atoms in total. The van der Waals surface area contributed by atoms with E-state index in [0.717, 1.165) is 12.1 Å². The van der Waals surface area contributed by atoms with Gasteiger partial charge >= 0.3 is 0 Å². The van der Waals surface area contributed by atoms with Gasteiger partial charge in [-0.05, 0) is 38.1 Å². The highest BCUT2D eigenvalue weighted by Gasteiger charge is 2.52.